The van der Waals surface area contributed by atoms with Crippen LogP contribution in [0, 0.1) is 0 Å². The predicted octanol–water partition coefficient (Wildman–Crippen LogP) is 4.70. The van der Waals surface area contributed by atoms with Crippen LogP contribution in [0.3, 0.4) is 0 Å². The molecule has 1 fully saturated rings. The van der Waals surface area contributed by atoms with Gasteiger partial charge in [-0.15, -0.1) is 0 Å². The fourth-order valence-electron chi connectivity index (χ4n) is 2.32. The number of halogens is 1. The molecule has 0 N–H and O–H groups in total. The zero-order valence-electron chi connectivity index (χ0n) is 12.9. The number of rotatable bonds is 2. The van der Waals surface area contributed by atoms with Crippen LogP contribution in [0.2, 0.25) is 18.1 Å². The van der Waals surface area contributed by atoms with E-state index >= 15 is 0 Å². The van der Waals surface area contributed by atoms with Gasteiger partial charge in [-0.2, -0.15) is 0 Å². The molecule has 0 spiro atoms. The topological polar surface area (TPSA) is 23.6 Å². The van der Waals surface area contributed by atoms with Crippen LogP contribution >= 0.6 is 15.9 Å². The molecule has 2 rings (SSSR count). The Morgan fingerprint density at radius 1 is 1.10 bits per heavy atom. The first-order chi connectivity index (χ1) is 9.14. The number of benzene rings is 1. The Kier molecular flexibility index (Phi) is 4.04. The normalized spacial score (nSPS) is 17.0. The summed E-state index contributed by atoms with van der Waals surface area (Å²) in [7, 11) is -1.79. The lowest BCUT2D eigenvalue weighted by molar-refractivity contribution is 0.237. The van der Waals surface area contributed by atoms with E-state index in [-0.39, 0.29) is 11.1 Å². The minimum Gasteiger partial charge on any atom is -0.350 e. The van der Waals surface area contributed by atoms with Crippen molar-refractivity contribution in [2.24, 2.45) is 0 Å². The third-order valence-corrected chi connectivity index (χ3v) is 10.6. The third kappa shape index (κ3) is 2.65. The molecule has 0 aromatic heterocycles. The zero-order chi connectivity index (χ0) is 15.1. The SMILES string of the molecule is CC(C)(C)[Si](C)(C)N1CCN(c2ccc(Br)cc2)C1=O. The monoisotopic (exact) mass is 354 g/mol. The number of carbonyl (C=O) groups is 1. The molecule has 2 amide bonds. The Hall–Kier alpha value is -0.813. The molecule has 0 bridgehead atoms. The second-order valence-corrected chi connectivity index (χ2v) is 12.9. The quantitative estimate of drug-likeness (QED) is 0.706. The van der Waals surface area contributed by atoms with Crippen molar-refractivity contribution in [2.75, 3.05) is 18.0 Å². The van der Waals surface area contributed by atoms with E-state index in [1.807, 2.05) is 29.2 Å². The van der Waals surface area contributed by atoms with Gasteiger partial charge in [0.2, 0.25) is 0 Å². The largest absolute Gasteiger partial charge is 0.350 e. The number of anilines is 1. The summed E-state index contributed by atoms with van der Waals surface area (Å²) >= 11 is 3.43. The highest BCUT2D eigenvalue weighted by Crippen LogP contribution is 2.40. The zero-order valence-corrected chi connectivity index (χ0v) is 15.5. The van der Waals surface area contributed by atoms with Crippen molar-refractivity contribution < 1.29 is 4.79 Å². The second kappa shape index (κ2) is 5.19. The highest BCUT2D eigenvalue weighted by atomic mass is 79.9. The second-order valence-electron chi connectivity index (χ2n) is 6.87. The summed E-state index contributed by atoms with van der Waals surface area (Å²) in [5.74, 6) is 0. The molecular weight excluding hydrogens is 332 g/mol. The van der Waals surface area contributed by atoms with Gasteiger partial charge in [-0.05, 0) is 29.3 Å². The molecule has 1 aromatic rings. The molecule has 5 heteroatoms. The fraction of sp³-hybridized carbons (Fsp3) is 0.533. The molecule has 20 heavy (non-hydrogen) atoms. The van der Waals surface area contributed by atoms with Crippen LogP contribution in [-0.4, -0.2) is 31.9 Å². The van der Waals surface area contributed by atoms with E-state index in [2.05, 4.69) is 54.4 Å². The van der Waals surface area contributed by atoms with Gasteiger partial charge in [0, 0.05) is 23.2 Å². The molecule has 1 aliphatic rings. The van der Waals surface area contributed by atoms with Crippen LogP contribution in [0.5, 0.6) is 0 Å². The van der Waals surface area contributed by atoms with Crippen molar-refractivity contribution in [2.45, 2.75) is 38.9 Å². The molecule has 110 valence electrons. The lowest BCUT2D eigenvalue weighted by atomic mass is 10.2. The van der Waals surface area contributed by atoms with Gasteiger partial charge in [0.05, 0.1) is 0 Å². The van der Waals surface area contributed by atoms with E-state index in [1.54, 1.807) is 0 Å². The van der Waals surface area contributed by atoms with Gasteiger partial charge in [-0.3, -0.25) is 4.90 Å². The predicted molar refractivity (Wildman–Crippen MR) is 90.8 cm³/mol. The van der Waals surface area contributed by atoms with Gasteiger partial charge in [-0.25, -0.2) is 4.79 Å². The standard InChI is InChI=1S/C15H23BrN2OSi/c1-15(2,3)20(4,5)18-11-10-17(14(18)19)13-8-6-12(16)7-9-13/h6-9H,10-11H2,1-5H3. The Balaban J connectivity index is 2.24. The van der Waals surface area contributed by atoms with Gasteiger partial charge in [0.15, 0.2) is 8.24 Å². The van der Waals surface area contributed by atoms with Gasteiger partial charge in [-0.1, -0.05) is 49.8 Å². The van der Waals surface area contributed by atoms with E-state index < -0.39 is 8.24 Å². The number of hydrogen-bond donors (Lipinski definition) is 0. The lowest BCUT2D eigenvalue weighted by Crippen LogP contribution is -2.56. The summed E-state index contributed by atoms with van der Waals surface area (Å²) in [5, 5.41) is 0.179. The van der Waals surface area contributed by atoms with Crippen molar-refractivity contribution in [3.63, 3.8) is 0 Å². The summed E-state index contributed by atoms with van der Waals surface area (Å²) in [6.07, 6.45) is 0. The Morgan fingerprint density at radius 2 is 1.65 bits per heavy atom. The Morgan fingerprint density at radius 3 is 2.15 bits per heavy atom. The molecule has 0 atom stereocenters. The number of hydrogen-bond acceptors (Lipinski definition) is 1. The number of urea groups is 1. The van der Waals surface area contributed by atoms with Gasteiger partial charge < -0.3 is 4.57 Å². The van der Waals surface area contributed by atoms with E-state index in [0.717, 1.165) is 23.2 Å². The highest BCUT2D eigenvalue weighted by Gasteiger charge is 2.47. The molecule has 1 aliphatic heterocycles. The van der Waals surface area contributed by atoms with Crippen molar-refractivity contribution in [1.82, 2.24) is 4.57 Å². The van der Waals surface area contributed by atoms with E-state index in [1.165, 1.54) is 0 Å². The number of carbonyl (C=O) groups excluding carboxylic acids is 1. The molecule has 0 saturated carbocycles. The Bertz CT molecular complexity index is 508. The van der Waals surface area contributed by atoms with Gasteiger partial charge >= 0.3 is 6.03 Å². The maximum Gasteiger partial charge on any atom is 0.316 e. The molecule has 1 heterocycles. The van der Waals surface area contributed by atoms with Crippen LogP contribution in [0.15, 0.2) is 28.7 Å². The maximum atomic E-state index is 12.8. The first-order valence-electron chi connectivity index (χ1n) is 6.99. The molecule has 0 radical (unpaired) electrons. The van der Waals surface area contributed by atoms with Crippen molar-refractivity contribution >= 4 is 35.9 Å². The number of amides is 2. The van der Waals surface area contributed by atoms with Crippen molar-refractivity contribution in [3.8, 4) is 0 Å². The van der Waals surface area contributed by atoms with Crippen LogP contribution in [0.4, 0.5) is 10.5 Å². The first-order valence-corrected chi connectivity index (χ1v) is 10.7. The van der Waals surface area contributed by atoms with Crippen LogP contribution in [0.25, 0.3) is 0 Å². The van der Waals surface area contributed by atoms with Crippen molar-refractivity contribution in [3.05, 3.63) is 28.7 Å². The van der Waals surface area contributed by atoms with Crippen LogP contribution < -0.4 is 4.90 Å². The van der Waals surface area contributed by atoms with Gasteiger partial charge in [0.25, 0.3) is 0 Å². The van der Waals surface area contributed by atoms with E-state index in [4.69, 9.17) is 0 Å². The maximum absolute atomic E-state index is 12.8. The summed E-state index contributed by atoms with van der Waals surface area (Å²) in [5.41, 5.74) is 0.986. The molecule has 3 nitrogen and oxygen atoms in total. The van der Waals surface area contributed by atoms with Gasteiger partial charge in [0.1, 0.15) is 0 Å². The van der Waals surface area contributed by atoms with Crippen LogP contribution in [0.1, 0.15) is 20.8 Å². The average Bonchev–Trinajstić information content (AvgIpc) is 2.71. The van der Waals surface area contributed by atoms with Crippen molar-refractivity contribution in [1.29, 1.82) is 0 Å². The minimum atomic E-state index is -1.79. The van der Waals surface area contributed by atoms with Crippen LogP contribution in [-0.2, 0) is 0 Å². The fourth-order valence-corrected chi connectivity index (χ4v) is 4.65. The Labute approximate surface area is 131 Å². The smallest absolute Gasteiger partial charge is 0.316 e. The molecule has 1 aromatic carbocycles. The summed E-state index contributed by atoms with van der Waals surface area (Å²) in [6.45, 7) is 12.9. The molecular formula is C15H23BrN2OSi. The lowest BCUT2D eigenvalue weighted by Gasteiger charge is -2.43. The number of nitrogens with zero attached hydrogens (tertiary/aromatic N) is 2. The van der Waals surface area contributed by atoms with E-state index in [9.17, 15) is 4.79 Å². The molecule has 0 unspecified atom stereocenters. The highest BCUT2D eigenvalue weighted by molar-refractivity contribution is 9.10. The molecule has 0 aliphatic carbocycles. The summed E-state index contributed by atoms with van der Waals surface area (Å²) in [4.78, 5) is 14.7. The van der Waals surface area contributed by atoms with E-state index in [0.29, 0.717) is 0 Å². The minimum absolute atomic E-state index is 0.166. The molecule has 1 saturated heterocycles. The summed E-state index contributed by atoms with van der Waals surface area (Å²) < 4.78 is 3.17. The third-order valence-electron chi connectivity index (χ3n) is 4.66. The first kappa shape index (κ1) is 15.6. The average molecular weight is 355 g/mol. The summed E-state index contributed by atoms with van der Waals surface area (Å²) in [6, 6.07) is 8.13.